The SMILES string of the molecule is C[C@@H](Sc1ccc(Cl)cc1)C(=O)N/N=C\c1ccc(/C=N\NC(=O)[C@@H](C)Sc2ccc(Cl)cc2)cc1. The summed E-state index contributed by atoms with van der Waals surface area (Å²) in [6, 6.07) is 22.0. The number of carbonyl (C=O) groups excluding carboxylic acids is 2. The van der Waals surface area contributed by atoms with Gasteiger partial charge in [0.25, 0.3) is 11.8 Å². The van der Waals surface area contributed by atoms with Gasteiger partial charge in [-0.3, -0.25) is 9.59 Å². The summed E-state index contributed by atoms with van der Waals surface area (Å²) in [5.74, 6) is -0.400. The van der Waals surface area contributed by atoms with Crippen molar-refractivity contribution >= 4 is 71.0 Å². The highest BCUT2D eigenvalue weighted by Gasteiger charge is 2.14. The van der Waals surface area contributed by atoms with E-state index in [0.29, 0.717) is 10.0 Å². The molecule has 0 radical (unpaired) electrons. The van der Waals surface area contributed by atoms with Gasteiger partial charge in [-0.25, -0.2) is 10.9 Å². The quantitative estimate of drug-likeness (QED) is 0.175. The van der Waals surface area contributed by atoms with Gasteiger partial charge in [0, 0.05) is 19.8 Å². The predicted octanol–water partition coefficient (Wildman–Crippen LogP) is 6.26. The first-order valence-corrected chi connectivity index (χ1v) is 13.4. The van der Waals surface area contributed by atoms with Crippen molar-refractivity contribution in [3.8, 4) is 0 Å². The fourth-order valence-electron chi connectivity index (χ4n) is 2.73. The molecule has 0 saturated carbocycles. The summed E-state index contributed by atoms with van der Waals surface area (Å²) in [5.41, 5.74) is 6.73. The first-order chi connectivity index (χ1) is 17.3. The van der Waals surface area contributed by atoms with Gasteiger partial charge in [0.1, 0.15) is 0 Å². The van der Waals surface area contributed by atoms with E-state index in [2.05, 4.69) is 21.1 Å². The second kappa shape index (κ2) is 14.1. The van der Waals surface area contributed by atoms with Crippen LogP contribution in [-0.4, -0.2) is 34.7 Å². The van der Waals surface area contributed by atoms with E-state index in [-0.39, 0.29) is 22.3 Å². The normalized spacial score (nSPS) is 13.0. The molecular weight excluding hydrogens is 535 g/mol. The van der Waals surface area contributed by atoms with Gasteiger partial charge in [-0.05, 0) is 73.5 Å². The van der Waals surface area contributed by atoms with Crippen molar-refractivity contribution in [1.82, 2.24) is 10.9 Å². The summed E-state index contributed by atoms with van der Waals surface area (Å²) < 4.78 is 0. The molecule has 0 unspecified atom stereocenters. The number of nitrogens with zero attached hydrogens (tertiary/aromatic N) is 2. The van der Waals surface area contributed by atoms with Gasteiger partial charge < -0.3 is 0 Å². The molecule has 0 aliphatic rings. The van der Waals surface area contributed by atoms with Crippen LogP contribution in [0, 0.1) is 0 Å². The van der Waals surface area contributed by atoms with E-state index in [1.54, 1.807) is 36.7 Å². The lowest BCUT2D eigenvalue weighted by molar-refractivity contribution is -0.121. The molecule has 0 aliphatic carbocycles. The molecule has 10 heteroatoms. The number of hydrazone groups is 2. The summed E-state index contributed by atoms with van der Waals surface area (Å²) in [6.45, 7) is 3.63. The third-order valence-electron chi connectivity index (χ3n) is 4.70. The second-order valence-electron chi connectivity index (χ2n) is 7.56. The Bertz CT molecular complexity index is 1120. The Morgan fingerprint density at radius 1 is 0.667 bits per heavy atom. The van der Waals surface area contributed by atoms with E-state index >= 15 is 0 Å². The monoisotopic (exact) mass is 558 g/mol. The van der Waals surface area contributed by atoms with E-state index in [4.69, 9.17) is 23.2 Å². The van der Waals surface area contributed by atoms with Crippen LogP contribution in [0.5, 0.6) is 0 Å². The maximum absolute atomic E-state index is 12.3. The molecular formula is C26H24Cl2N4O2S2. The first-order valence-electron chi connectivity index (χ1n) is 10.9. The van der Waals surface area contributed by atoms with Crippen LogP contribution in [0.2, 0.25) is 10.0 Å². The molecule has 3 rings (SSSR count). The Hall–Kier alpha value is -2.78. The topological polar surface area (TPSA) is 82.9 Å². The Morgan fingerprint density at radius 2 is 1.00 bits per heavy atom. The summed E-state index contributed by atoms with van der Waals surface area (Å²) in [4.78, 5) is 26.4. The van der Waals surface area contributed by atoms with Crippen molar-refractivity contribution in [2.24, 2.45) is 10.2 Å². The number of amides is 2. The number of hydrogen-bond donors (Lipinski definition) is 2. The van der Waals surface area contributed by atoms with E-state index in [9.17, 15) is 9.59 Å². The van der Waals surface area contributed by atoms with Gasteiger partial charge in [0.05, 0.1) is 22.9 Å². The van der Waals surface area contributed by atoms with Crippen LogP contribution in [-0.2, 0) is 9.59 Å². The summed E-state index contributed by atoms with van der Waals surface area (Å²) in [5, 5.41) is 8.74. The lowest BCUT2D eigenvalue weighted by Crippen LogP contribution is -2.26. The number of halogens is 2. The average molecular weight is 560 g/mol. The number of carbonyl (C=O) groups is 2. The fraction of sp³-hybridized carbons (Fsp3) is 0.154. The number of rotatable bonds is 10. The van der Waals surface area contributed by atoms with Crippen molar-refractivity contribution in [2.45, 2.75) is 34.1 Å². The summed E-state index contributed by atoms with van der Waals surface area (Å²) in [7, 11) is 0. The number of thioether (sulfide) groups is 2. The van der Waals surface area contributed by atoms with E-state index < -0.39 is 0 Å². The van der Waals surface area contributed by atoms with Crippen LogP contribution in [0.1, 0.15) is 25.0 Å². The first kappa shape index (κ1) is 27.8. The van der Waals surface area contributed by atoms with Crippen molar-refractivity contribution in [3.63, 3.8) is 0 Å². The van der Waals surface area contributed by atoms with Gasteiger partial charge in [-0.1, -0.05) is 47.5 Å². The minimum Gasteiger partial charge on any atom is -0.272 e. The fourth-order valence-corrected chi connectivity index (χ4v) is 4.71. The van der Waals surface area contributed by atoms with Gasteiger partial charge in [0.15, 0.2) is 0 Å². The van der Waals surface area contributed by atoms with E-state index in [1.807, 2.05) is 62.4 Å². The maximum Gasteiger partial charge on any atom is 0.253 e. The van der Waals surface area contributed by atoms with Crippen LogP contribution in [0.4, 0.5) is 0 Å². The highest BCUT2D eigenvalue weighted by atomic mass is 35.5. The molecule has 2 N–H and O–H groups in total. The second-order valence-corrected chi connectivity index (χ2v) is 11.3. The van der Waals surface area contributed by atoms with Crippen LogP contribution >= 0.6 is 46.7 Å². The van der Waals surface area contributed by atoms with E-state index in [1.165, 1.54) is 23.5 Å². The number of nitrogens with one attached hydrogen (secondary N) is 2. The Morgan fingerprint density at radius 3 is 1.33 bits per heavy atom. The minimum atomic E-state index is -0.315. The van der Waals surface area contributed by atoms with Crippen LogP contribution in [0.3, 0.4) is 0 Å². The largest absolute Gasteiger partial charge is 0.272 e. The average Bonchev–Trinajstić information content (AvgIpc) is 2.87. The molecule has 0 bridgehead atoms. The van der Waals surface area contributed by atoms with Gasteiger partial charge in [-0.2, -0.15) is 10.2 Å². The lowest BCUT2D eigenvalue weighted by Gasteiger charge is -2.09. The van der Waals surface area contributed by atoms with Crippen LogP contribution < -0.4 is 10.9 Å². The molecule has 0 saturated heterocycles. The number of hydrogen-bond acceptors (Lipinski definition) is 6. The summed E-state index contributed by atoms with van der Waals surface area (Å²) in [6.07, 6.45) is 3.13. The molecule has 2 amide bonds. The van der Waals surface area contributed by atoms with Crippen molar-refractivity contribution in [2.75, 3.05) is 0 Å². The molecule has 3 aromatic rings. The highest BCUT2D eigenvalue weighted by Crippen LogP contribution is 2.25. The van der Waals surface area contributed by atoms with Crippen LogP contribution in [0.25, 0.3) is 0 Å². The predicted molar refractivity (Wildman–Crippen MR) is 151 cm³/mol. The molecule has 2 atom stereocenters. The Labute approximate surface area is 228 Å². The van der Waals surface area contributed by atoms with Gasteiger partial charge in [0.2, 0.25) is 0 Å². The molecule has 0 spiro atoms. The van der Waals surface area contributed by atoms with Gasteiger partial charge in [-0.15, -0.1) is 23.5 Å². The molecule has 186 valence electrons. The molecule has 0 fully saturated rings. The van der Waals surface area contributed by atoms with Gasteiger partial charge >= 0.3 is 0 Å². The highest BCUT2D eigenvalue weighted by molar-refractivity contribution is 8.00. The standard InChI is InChI=1S/C26H24Cl2N4O2S2/c1-17(35-23-11-7-21(27)8-12-23)25(33)31-29-15-19-3-5-20(6-4-19)16-30-32-26(34)18(2)36-24-13-9-22(28)10-14-24/h3-18H,1-2H3,(H,31,33)(H,32,34)/b29-15-,30-16-/t17-,18-/m1/s1. The third-order valence-corrected chi connectivity index (χ3v) is 7.43. The Kier molecular flexibility index (Phi) is 10.9. The van der Waals surface area contributed by atoms with Crippen LogP contribution in [0.15, 0.2) is 92.8 Å². The lowest BCUT2D eigenvalue weighted by atomic mass is 10.2. The smallest absolute Gasteiger partial charge is 0.253 e. The van der Waals surface area contributed by atoms with Crippen molar-refractivity contribution in [3.05, 3.63) is 94.0 Å². The molecule has 0 heterocycles. The molecule has 0 aliphatic heterocycles. The molecule has 3 aromatic carbocycles. The third kappa shape index (κ3) is 9.35. The zero-order valence-electron chi connectivity index (χ0n) is 19.5. The zero-order valence-corrected chi connectivity index (χ0v) is 22.7. The Balaban J connectivity index is 1.42. The summed E-state index contributed by atoms with van der Waals surface area (Å²) >= 11 is 14.6. The van der Waals surface area contributed by atoms with Crippen molar-refractivity contribution < 1.29 is 9.59 Å². The minimum absolute atomic E-state index is 0.200. The number of benzene rings is 3. The van der Waals surface area contributed by atoms with Crippen molar-refractivity contribution in [1.29, 1.82) is 0 Å². The van der Waals surface area contributed by atoms with E-state index in [0.717, 1.165) is 20.9 Å². The molecule has 36 heavy (non-hydrogen) atoms. The maximum atomic E-state index is 12.3. The molecule has 0 aromatic heterocycles. The molecule has 6 nitrogen and oxygen atoms in total. The zero-order chi connectivity index (χ0) is 25.9.